The van der Waals surface area contributed by atoms with Crippen LogP contribution in [0.15, 0.2) is 30.3 Å². The largest absolute Gasteiger partial charge is 0.330 e. The molecule has 0 saturated heterocycles. The van der Waals surface area contributed by atoms with Crippen molar-refractivity contribution < 1.29 is 4.79 Å². The van der Waals surface area contributed by atoms with Crippen LogP contribution >= 0.6 is 0 Å². The van der Waals surface area contributed by atoms with Crippen LogP contribution in [0.5, 0.6) is 0 Å². The van der Waals surface area contributed by atoms with Crippen molar-refractivity contribution >= 4 is 11.6 Å². The Morgan fingerprint density at radius 2 is 2.00 bits per heavy atom. The van der Waals surface area contributed by atoms with Crippen molar-refractivity contribution in [2.75, 3.05) is 31.5 Å². The molecule has 3 N–H and O–H groups in total. The van der Waals surface area contributed by atoms with Crippen molar-refractivity contribution in [3.05, 3.63) is 30.3 Å². The third-order valence-electron chi connectivity index (χ3n) is 2.64. The molecule has 0 aromatic heterocycles. The molecule has 0 aliphatic heterocycles. The minimum Gasteiger partial charge on any atom is -0.330 e. The zero-order valence-corrected chi connectivity index (χ0v) is 11.1. The number of nitrogens with zero attached hydrogens (tertiary/aromatic N) is 1. The summed E-state index contributed by atoms with van der Waals surface area (Å²) in [7, 11) is 0. The number of hydrogen-bond donors (Lipinski definition) is 2. The lowest BCUT2D eigenvalue weighted by Crippen LogP contribution is -2.35. The Labute approximate surface area is 109 Å². The number of hydrogen-bond acceptors (Lipinski definition) is 3. The number of anilines is 1. The van der Waals surface area contributed by atoms with E-state index in [2.05, 4.69) is 17.1 Å². The standard InChI is InChI=1S/C14H23N3O/c1-2-10-17(11-6-9-15)12-14(18)16-13-7-4-3-5-8-13/h3-5,7-8H,2,6,9-12,15H2,1H3,(H,16,18). The summed E-state index contributed by atoms with van der Waals surface area (Å²) in [4.78, 5) is 14.0. The highest BCUT2D eigenvalue weighted by atomic mass is 16.2. The van der Waals surface area contributed by atoms with Crippen LogP contribution in [0.1, 0.15) is 19.8 Å². The second-order valence-corrected chi connectivity index (χ2v) is 4.33. The number of rotatable bonds is 8. The lowest BCUT2D eigenvalue weighted by Gasteiger charge is -2.20. The van der Waals surface area contributed by atoms with E-state index in [1.807, 2.05) is 30.3 Å². The van der Waals surface area contributed by atoms with E-state index in [1.54, 1.807) is 0 Å². The SMILES string of the molecule is CCCN(CCCN)CC(=O)Nc1ccccc1. The maximum atomic E-state index is 11.9. The van der Waals surface area contributed by atoms with Crippen LogP contribution in [0.4, 0.5) is 5.69 Å². The van der Waals surface area contributed by atoms with E-state index >= 15 is 0 Å². The first-order chi connectivity index (χ1) is 8.76. The van der Waals surface area contributed by atoms with Crippen molar-refractivity contribution in [1.29, 1.82) is 0 Å². The number of nitrogens with one attached hydrogen (secondary N) is 1. The van der Waals surface area contributed by atoms with Gasteiger partial charge in [0.05, 0.1) is 6.54 Å². The maximum Gasteiger partial charge on any atom is 0.238 e. The molecule has 0 heterocycles. The summed E-state index contributed by atoms with van der Waals surface area (Å²) in [5.41, 5.74) is 6.35. The maximum absolute atomic E-state index is 11.9. The highest BCUT2D eigenvalue weighted by Gasteiger charge is 2.09. The van der Waals surface area contributed by atoms with Crippen LogP contribution in [0.2, 0.25) is 0 Å². The normalized spacial score (nSPS) is 10.6. The molecule has 0 saturated carbocycles. The van der Waals surface area contributed by atoms with Crippen LogP contribution < -0.4 is 11.1 Å². The van der Waals surface area contributed by atoms with Crippen molar-refractivity contribution in [1.82, 2.24) is 4.90 Å². The molecule has 0 atom stereocenters. The Hall–Kier alpha value is -1.39. The molecule has 0 unspecified atom stereocenters. The van der Waals surface area contributed by atoms with Gasteiger partial charge in [-0.05, 0) is 44.6 Å². The molecule has 0 aliphatic carbocycles. The van der Waals surface area contributed by atoms with Gasteiger partial charge >= 0.3 is 0 Å². The summed E-state index contributed by atoms with van der Waals surface area (Å²) in [5.74, 6) is 0.0340. The topological polar surface area (TPSA) is 58.4 Å². The lowest BCUT2D eigenvalue weighted by atomic mass is 10.3. The van der Waals surface area contributed by atoms with E-state index in [9.17, 15) is 4.79 Å². The van der Waals surface area contributed by atoms with E-state index in [0.717, 1.165) is 31.6 Å². The highest BCUT2D eigenvalue weighted by molar-refractivity contribution is 5.92. The minimum absolute atomic E-state index is 0.0340. The first-order valence-electron chi connectivity index (χ1n) is 6.53. The van der Waals surface area contributed by atoms with Crippen LogP contribution in [-0.4, -0.2) is 37.0 Å². The smallest absolute Gasteiger partial charge is 0.238 e. The summed E-state index contributed by atoms with van der Waals surface area (Å²) in [6, 6.07) is 9.53. The van der Waals surface area contributed by atoms with E-state index in [1.165, 1.54) is 0 Å². The monoisotopic (exact) mass is 249 g/mol. The molecule has 0 aliphatic rings. The molecule has 1 aromatic carbocycles. The van der Waals surface area contributed by atoms with Crippen LogP contribution in [0, 0.1) is 0 Å². The van der Waals surface area contributed by atoms with Crippen molar-refractivity contribution in [3.8, 4) is 0 Å². The number of carbonyl (C=O) groups excluding carboxylic acids is 1. The Bertz CT molecular complexity index is 340. The average molecular weight is 249 g/mol. The molecule has 4 nitrogen and oxygen atoms in total. The Kier molecular flexibility index (Phi) is 7.06. The third-order valence-corrected chi connectivity index (χ3v) is 2.64. The number of benzene rings is 1. The Morgan fingerprint density at radius 1 is 1.28 bits per heavy atom. The van der Waals surface area contributed by atoms with Gasteiger partial charge in [-0.3, -0.25) is 9.69 Å². The van der Waals surface area contributed by atoms with Gasteiger partial charge in [0.15, 0.2) is 0 Å². The van der Waals surface area contributed by atoms with Crippen molar-refractivity contribution in [2.45, 2.75) is 19.8 Å². The average Bonchev–Trinajstić information content (AvgIpc) is 2.37. The molecular formula is C14H23N3O. The zero-order valence-electron chi connectivity index (χ0n) is 11.1. The van der Waals surface area contributed by atoms with Gasteiger partial charge in [-0.1, -0.05) is 25.1 Å². The van der Waals surface area contributed by atoms with Crippen molar-refractivity contribution in [2.24, 2.45) is 5.73 Å². The first-order valence-corrected chi connectivity index (χ1v) is 6.53. The lowest BCUT2D eigenvalue weighted by molar-refractivity contribution is -0.117. The minimum atomic E-state index is 0.0340. The van der Waals surface area contributed by atoms with Gasteiger partial charge in [0.1, 0.15) is 0 Å². The van der Waals surface area contributed by atoms with Crippen LogP contribution in [0.25, 0.3) is 0 Å². The molecule has 1 rings (SSSR count). The predicted octanol–water partition coefficient (Wildman–Crippen LogP) is 1.69. The fourth-order valence-corrected chi connectivity index (χ4v) is 1.83. The van der Waals surface area contributed by atoms with Crippen LogP contribution in [-0.2, 0) is 4.79 Å². The van der Waals surface area contributed by atoms with Gasteiger partial charge in [0, 0.05) is 5.69 Å². The van der Waals surface area contributed by atoms with Gasteiger partial charge in [-0.25, -0.2) is 0 Å². The molecular weight excluding hydrogens is 226 g/mol. The first kappa shape index (κ1) is 14.7. The molecule has 0 radical (unpaired) electrons. The molecule has 1 aromatic rings. The van der Waals surface area contributed by atoms with E-state index in [0.29, 0.717) is 13.1 Å². The molecule has 1 amide bonds. The summed E-state index contributed by atoms with van der Waals surface area (Å²) in [6.07, 6.45) is 1.97. The third kappa shape index (κ3) is 5.80. The Morgan fingerprint density at radius 3 is 2.61 bits per heavy atom. The number of carbonyl (C=O) groups is 1. The summed E-state index contributed by atoms with van der Waals surface area (Å²) in [6.45, 7) is 5.03. The number of amides is 1. The molecule has 0 spiro atoms. The van der Waals surface area contributed by atoms with Gasteiger partial charge in [0.25, 0.3) is 0 Å². The predicted molar refractivity (Wildman–Crippen MR) is 75.5 cm³/mol. The molecule has 4 heteroatoms. The fraction of sp³-hybridized carbons (Fsp3) is 0.500. The molecule has 0 bridgehead atoms. The van der Waals surface area contributed by atoms with E-state index in [4.69, 9.17) is 5.73 Å². The second kappa shape index (κ2) is 8.66. The molecule has 100 valence electrons. The molecule has 18 heavy (non-hydrogen) atoms. The summed E-state index contributed by atoms with van der Waals surface area (Å²) < 4.78 is 0. The highest BCUT2D eigenvalue weighted by Crippen LogP contribution is 2.05. The van der Waals surface area contributed by atoms with Gasteiger partial charge in [-0.15, -0.1) is 0 Å². The van der Waals surface area contributed by atoms with Crippen LogP contribution in [0.3, 0.4) is 0 Å². The fourth-order valence-electron chi connectivity index (χ4n) is 1.83. The second-order valence-electron chi connectivity index (χ2n) is 4.33. The Balaban J connectivity index is 2.40. The van der Waals surface area contributed by atoms with E-state index < -0.39 is 0 Å². The zero-order chi connectivity index (χ0) is 13.2. The van der Waals surface area contributed by atoms with Gasteiger partial charge in [0.2, 0.25) is 5.91 Å². The van der Waals surface area contributed by atoms with Crippen molar-refractivity contribution in [3.63, 3.8) is 0 Å². The summed E-state index contributed by atoms with van der Waals surface area (Å²) >= 11 is 0. The van der Waals surface area contributed by atoms with Gasteiger partial charge in [-0.2, -0.15) is 0 Å². The van der Waals surface area contributed by atoms with E-state index in [-0.39, 0.29) is 5.91 Å². The number of para-hydroxylation sites is 1. The number of nitrogens with two attached hydrogens (primary N) is 1. The summed E-state index contributed by atoms with van der Waals surface area (Å²) in [5, 5.41) is 2.90. The quantitative estimate of drug-likeness (QED) is 0.737. The van der Waals surface area contributed by atoms with Gasteiger partial charge < -0.3 is 11.1 Å². The molecule has 0 fully saturated rings.